The summed E-state index contributed by atoms with van der Waals surface area (Å²) in [5.41, 5.74) is 3.76. The van der Waals surface area contributed by atoms with Gasteiger partial charge in [0.05, 0.1) is 12.1 Å². The van der Waals surface area contributed by atoms with Crippen LogP contribution in [0.2, 0.25) is 0 Å². The van der Waals surface area contributed by atoms with Crippen molar-refractivity contribution in [2.24, 2.45) is 23.7 Å². The van der Waals surface area contributed by atoms with Crippen molar-refractivity contribution in [3.05, 3.63) is 120 Å². The third kappa shape index (κ3) is 4.41. The van der Waals surface area contributed by atoms with Gasteiger partial charge in [-0.1, -0.05) is 91.0 Å². The van der Waals surface area contributed by atoms with Gasteiger partial charge in [-0.05, 0) is 42.4 Å². The summed E-state index contributed by atoms with van der Waals surface area (Å²) in [6.07, 6.45) is 10.6. The SMILES string of the molecule is C[C@@H](c1ccccc1)N(C1C2C=CC3C1[C@@H]3C=C2)[PH+]1Oc2ccccc2Cc2ccccc2O1.[Cl][Au]. The van der Waals surface area contributed by atoms with Crippen molar-refractivity contribution in [2.75, 3.05) is 0 Å². The Labute approximate surface area is 230 Å². The van der Waals surface area contributed by atoms with Gasteiger partial charge < -0.3 is 0 Å². The number of halogens is 1. The van der Waals surface area contributed by atoms with E-state index >= 15 is 0 Å². The number of rotatable bonds is 4. The average molecular weight is 699 g/mol. The molecule has 3 aromatic carbocycles. The number of para-hydroxylation sites is 2. The molecule has 0 spiro atoms. The second-order valence-corrected chi connectivity index (χ2v) is 11.4. The molecule has 0 radical (unpaired) electrons. The molecular weight excluding hydrogens is 670 g/mol. The predicted molar refractivity (Wildman–Crippen MR) is 144 cm³/mol. The molecule has 3 nitrogen and oxygen atoms in total. The summed E-state index contributed by atoms with van der Waals surface area (Å²) in [5.74, 6) is 4.26. The fraction of sp³-hybridized carbons (Fsp3) is 0.267. The second kappa shape index (κ2) is 10.5. The van der Waals surface area contributed by atoms with Crippen LogP contribution in [0.5, 0.6) is 11.5 Å². The predicted octanol–water partition coefficient (Wildman–Crippen LogP) is 7.74. The van der Waals surface area contributed by atoms with Crippen LogP contribution in [0.15, 0.2) is 103 Å². The molecule has 3 aliphatic carbocycles. The van der Waals surface area contributed by atoms with E-state index in [1.165, 1.54) is 16.7 Å². The molecule has 7 rings (SSSR count). The molecule has 4 aliphatic rings. The third-order valence-corrected chi connectivity index (χ3v) is 9.94. The van der Waals surface area contributed by atoms with E-state index in [2.05, 4.69) is 124 Å². The number of benzene rings is 3. The molecule has 0 amide bonds. The van der Waals surface area contributed by atoms with Crippen LogP contribution in [0.4, 0.5) is 0 Å². The number of allylic oxidation sites excluding steroid dienone is 2. The molecule has 6 heteroatoms. The van der Waals surface area contributed by atoms with Crippen molar-refractivity contribution < 1.29 is 29.0 Å². The Morgan fingerprint density at radius 1 is 0.778 bits per heavy atom. The Bertz CT molecular complexity index is 1220. The van der Waals surface area contributed by atoms with E-state index in [0.29, 0.717) is 29.7 Å². The molecule has 4 unspecified atom stereocenters. The number of hydrogen-bond donors (Lipinski definition) is 0. The van der Waals surface area contributed by atoms with Crippen LogP contribution in [0.25, 0.3) is 0 Å². The van der Waals surface area contributed by atoms with Crippen molar-refractivity contribution in [3.8, 4) is 11.5 Å². The fourth-order valence-corrected chi connectivity index (χ4v) is 8.31. The summed E-state index contributed by atoms with van der Waals surface area (Å²) in [6.45, 7) is 2.32. The van der Waals surface area contributed by atoms with E-state index in [9.17, 15) is 0 Å². The van der Waals surface area contributed by atoms with E-state index in [1.807, 2.05) is 0 Å². The van der Waals surface area contributed by atoms with E-state index < -0.39 is 8.53 Å². The number of nitrogens with zero attached hydrogens (tertiary/aromatic N) is 1. The molecule has 3 aromatic rings. The van der Waals surface area contributed by atoms with E-state index in [4.69, 9.17) is 9.05 Å². The Morgan fingerprint density at radius 3 is 1.89 bits per heavy atom. The van der Waals surface area contributed by atoms with Crippen LogP contribution in [-0.4, -0.2) is 10.7 Å². The fourth-order valence-electron chi connectivity index (χ4n) is 6.23. The van der Waals surface area contributed by atoms with E-state index in [1.54, 1.807) is 20.0 Å². The standard InChI is InChI=1S/C30H28NO2P.Au.ClH/c1-20(21-9-3-2-4-10-21)31(30-22-15-17-25-26(18-16-22)29(25)30)34-32-27-13-7-5-11-23(27)19-24-12-6-8-14-28(24)33-34;;/h2-18,20,22,25-26,29-30H,19H2,1H3;;1H/q;+1;/t20-,22?,25+,26?,29?,30?;;/m0../s1. The van der Waals surface area contributed by atoms with Crippen LogP contribution in [0.1, 0.15) is 29.7 Å². The summed E-state index contributed by atoms with van der Waals surface area (Å²) in [4.78, 5) is 0. The van der Waals surface area contributed by atoms with Gasteiger partial charge in [-0.25, -0.2) is 0 Å². The normalized spacial score (nSPS) is 27.8. The summed E-state index contributed by atoms with van der Waals surface area (Å²) in [6, 6.07) is 28.3. The second-order valence-electron chi connectivity index (χ2n) is 9.93. The van der Waals surface area contributed by atoms with Gasteiger partial charge >= 0.3 is 37.7 Å². The zero-order chi connectivity index (χ0) is 24.6. The maximum atomic E-state index is 6.88. The summed E-state index contributed by atoms with van der Waals surface area (Å²) in [7, 11) is 2.71. The van der Waals surface area contributed by atoms with Crippen LogP contribution in [0, 0.1) is 23.7 Å². The van der Waals surface area contributed by atoms with Gasteiger partial charge in [0, 0.05) is 23.5 Å². The molecule has 188 valence electrons. The molecule has 2 bridgehead atoms. The van der Waals surface area contributed by atoms with Gasteiger partial charge in [0.2, 0.25) is 0 Å². The monoisotopic (exact) mass is 698 g/mol. The van der Waals surface area contributed by atoms with Crippen LogP contribution in [-0.2, 0) is 26.4 Å². The molecule has 0 N–H and O–H groups in total. The Morgan fingerprint density at radius 2 is 1.31 bits per heavy atom. The van der Waals surface area contributed by atoms with E-state index in [0.717, 1.165) is 17.9 Å². The van der Waals surface area contributed by atoms with Crippen LogP contribution in [0.3, 0.4) is 0 Å². The van der Waals surface area contributed by atoms with Gasteiger partial charge in [0.25, 0.3) is 0 Å². The Balaban J connectivity index is 0.00000117. The van der Waals surface area contributed by atoms with Crippen molar-refractivity contribution in [2.45, 2.75) is 25.4 Å². The molecular formula is C30H29AuClNO2P+. The van der Waals surface area contributed by atoms with Crippen molar-refractivity contribution in [3.63, 3.8) is 0 Å². The van der Waals surface area contributed by atoms with Crippen molar-refractivity contribution in [1.82, 2.24) is 4.67 Å². The summed E-state index contributed by atoms with van der Waals surface area (Å²) in [5, 5.41) is 0. The third-order valence-electron chi connectivity index (χ3n) is 8.04. The molecule has 1 heterocycles. The van der Waals surface area contributed by atoms with Gasteiger partial charge in [-0.15, -0.1) is 4.67 Å². The van der Waals surface area contributed by atoms with E-state index in [-0.39, 0.29) is 6.04 Å². The first-order valence-corrected chi connectivity index (χ1v) is 16.4. The zero-order valence-electron chi connectivity index (χ0n) is 19.9. The van der Waals surface area contributed by atoms with Crippen molar-refractivity contribution in [1.29, 1.82) is 0 Å². The van der Waals surface area contributed by atoms with Gasteiger partial charge in [0.1, 0.15) is 0 Å². The molecule has 6 atom stereocenters. The summed E-state index contributed by atoms with van der Waals surface area (Å²) < 4.78 is 16.4. The van der Waals surface area contributed by atoms with Crippen molar-refractivity contribution >= 4 is 17.7 Å². The van der Waals surface area contributed by atoms with Gasteiger partial charge in [-0.2, -0.15) is 0 Å². The van der Waals surface area contributed by atoms with Gasteiger partial charge in [-0.3, -0.25) is 9.05 Å². The van der Waals surface area contributed by atoms with Crippen LogP contribution >= 0.6 is 17.7 Å². The first-order valence-electron chi connectivity index (χ1n) is 12.5. The Kier molecular flexibility index (Phi) is 7.14. The number of hydrogen-bond acceptors (Lipinski definition) is 3. The Hall–Kier alpha value is -1.84. The molecule has 1 saturated carbocycles. The quantitative estimate of drug-likeness (QED) is 0.158. The first kappa shape index (κ1) is 24.5. The topological polar surface area (TPSA) is 21.7 Å². The molecule has 1 aliphatic heterocycles. The minimum atomic E-state index is -1.88. The first-order chi connectivity index (χ1) is 17.8. The molecule has 0 saturated heterocycles. The van der Waals surface area contributed by atoms with Crippen LogP contribution < -0.4 is 9.05 Å². The molecule has 36 heavy (non-hydrogen) atoms. The minimum absolute atomic E-state index is 0.182. The summed E-state index contributed by atoms with van der Waals surface area (Å²) >= 11 is 1.75. The average Bonchev–Trinajstić information content (AvgIpc) is 3.69. The zero-order valence-corrected chi connectivity index (χ0v) is 23.9. The number of fused-ring (bicyclic) bond motifs is 4. The molecule has 1 fully saturated rings. The maximum absolute atomic E-state index is 6.88. The van der Waals surface area contributed by atoms with Gasteiger partial charge in [0.15, 0.2) is 11.5 Å². The molecule has 0 aromatic heterocycles.